The predicted octanol–water partition coefficient (Wildman–Crippen LogP) is 1.88. The molecular formula is C19H23NO4. The van der Waals surface area contributed by atoms with Crippen molar-refractivity contribution in [2.45, 2.75) is 37.6 Å². The molecule has 0 saturated carbocycles. The molecule has 3 unspecified atom stereocenters. The van der Waals surface area contributed by atoms with Crippen LogP contribution in [0.25, 0.3) is 0 Å². The highest BCUT2D eigenvalue weighted by Gasteiger charge is 2.36. The van der Waals surface area contributed by atoms with Crippen molar-refractivity contribution in [3.63, 3.8) is 0 Å². The van der Waals surface area contributed by atoms with Gasteiger partial charge in [-0.3, -0.25) is 0 Å². The smallest absolute Gasteiger partial charge is 0.189 e. The molecule has 0 bridgehead atoms. The molecule has 2 heterocycles. The Morgan fingerprint density at radius 3 is 2.92 bits per heavy atom. The van der Waals surface area contributed by atoms with Gasteiger partial charge in [0.15, 0.2) is 6.79 Å². The maximum atomic E-state index is 9.59. The first-order valence-electron chi connectivity index (χ1n) is 8.50. The molecule has 2 aliphatic heterocycles. The van der Waals surface area contributed by atoms with Crippen molar-refractivity contribution in [1.82, 2.24) is 5.32 Å². The molecule has 0 aromatic heterocycles. The minimum atomic E-state index is 0.0350. The Morgan fingerprint density at radius 1 is 1.21 bits per heavy atom. The Hall–Kier alpha value is -1.66. The van der Waals surface area contributed by atoms with Crippen molar-refractivity contribution in [2.24, 2.45) is 0 Å². The van der Waals surface area contributed by atoms with E-state index in [0.717, 1.165) is 18.6 Å². The predicted molar refractivity (Wildman–Crippen MR) is 89.1 cm³/mol. The molecule has 1 aromatic carbocycles. The molecule has 2 N–H and O–H groups in total. The quantitative estimate of drug-likeness (QED) is 0.864. The Labute approximate surface area is 141 Å². The maximum absolute atomic E-state index is 9.59. The van der Waals surface area contributed by atoms with Gasteiger partial charge in [0.25, 0.3) is 0 Å². The number of hydrogen-bond donors (Lipinski definition) is 2. The summed E-state index contributed by atoms with van der Waals surface area (Å²) in [7, 11) is 0. The summed E-state index contributed by atoms with van der Waals surface area (Å²) in [6.45, 7) is 1.63. The molecule has 3 aliphatic rings. The van der Waals surface area contributed by atoms with Gasteiger partial charge in [0, 0.05) is 12.5 Å². The van der Waals surface area contributed by atoms with Crippen molar-refractivity contribution in [2.75, 3.05) is 20.0 Å². The molecule has 3 atom stereocenters. The molecule has 1 aromatic rings. The average Bonchev–Trinajstić information content (AvgIpc) is 3.08. The van der Waals surface area contributed by atoms with Crippen LogP contribution in [0.4, 0.5) is 0 Å². The fourth-order valence-electron chi connectivity index (χ4n) is 3.65. The number of allylic oxidation sites excluding steroid dienone is 1. The normalized spacial score (nSPS) is 28.9. The zero-order valence-corrected chi connectivity index (χ0v) is 13.6. The van der Waals surface area contributed by atoms with Crippen LogP contribution in [0.3, 0.4) is 0 Å². The summed E-state index contributed by atoms with van der Waals surface area (Å²) in [5.41, 5.74) is 3.75. The number of nitrogens with one attached hydrogen (secondary N) is 1. The highest BCUT2D eigenvalue weighted by Crippen LogP contribution is 2.36. The Balaban J connectivity index is 1.45. The lowest BCUT2D eigenvalue weighted by molar-refractivity contribution is 0.0476. The first kappa shape index (κ1) is 15.8. The van der Waals surface area contributed by atoms with Gasteiger partial charge in [0.1, 0.15) is 11.9 Å². The number of hydrogen-bond acceptors (Lipinski definition) is 5. The third-order valence-corrected chi connectivity index (χ3v) is 4.89. The lowest BCUT2D eigenvalue weighted by atomic mass is 9.83. The standard InChI is InChI=1S/C19H23NO4/c21-9-15-6-14-7-18-19(24-12-23-18)8-16(14)17(20-15)11-22-10-13-4-2-1-3-5-13/h1-5,7,15,17,19-21H,6,8-12H2. The van der Waals surface area contributed by atoms with E-state index in [4.69, 9.17) is 14.2 Å². The molecule has 1 saturated heterocycles. The summed E-state index contributed by atoms with van der Waals surface area (Å²) in [5, 5.41) is 13.1. The molecule has 24 heavy (non-hydrogen) atoms. The minimum absolute atomic E-state index is 0.0350. The van der Waals surface area contributed by atoms with Gasteiger partial charge in [-0.2, -0.15) is 0 Å². The molecule has 5 nitrogen and oxygen atoms in total. The third kappa shape index (κ3) is 3.26. The van der Waals surface area contributed by atoms with Crippen molar-refractivity contribution in [3.05, 3.63) is 58.9 Å². The molecular weight excluding hydrogens is 306 g/mol. The molecule has 5 heteroatoms. The molecule has 1 aliphatic carbocycles. The van der Waals surface area contributed by atoms with Crippen LogP contribution in [0.1, 0.15) is 18.4 Å². The number of aliphatic hydroxyl groups excluding tert-OH is 1. The first-order chi connectivity index (χ1) is 11.8. The molecule has 1 fully saturated rings. The van der Waals surface area contributed by atoms with Crippen LogP contribution in [-0.2, 0) is 20.8 Å². The Kier molecular flexibility index (Phi) is 4.67. The largest absolute Gasteiger partial charge is 0.469 e. The summed E-state index contributed by atoms with van der Waals surface area (Å²) >= 11 is 0. The number of fused-ring (bicyclic) bond motifs is 1. The van der Waals surface area contributed by atoms with Crippen molar-refractivity contribution in [1.29, 1.82) is 0 Å². The highest BCUT2D eigenvalue weighted by molar-refractivity contribution is 5.40. The minimum Gasteiger partial charge on any atom is -0.469 e. The first-order valence-corrected chi connectivity index (χ1v) is 8.50. The van der Waals surface area contributed by atoms with E-state index >= 15 is 0 Å². The van der Waals surface area contributed by atoms with E-state index < -0.39 is 0 Å². The van der Waals surface area contributed by atoms with E-state index in [2.05, 4.69) is 23.5 Å². The second-order valence-corrected chi connectivity index (χ2v) is 6.52. The Morgan fingerprint density at radius 2 is 2.08 bits per heavy atom. The van der Waals surface area contributed by atoms with Gasteiger partial charge in [0.05, 0.1) is 25.9 Å². The van der Waals surface area contributed by atoms with Gasteiger partial charge in [-0.05, 0) is 29.2 Å². The summed E-state index contributed by atoms with van der Waals surface area (Å²) in [6.07, 6.45) is 3.80. The van der Waals surface area contributed by atoms with Crippen LogP contribution < -0.4 is 5.32 Å². The van der Waals surface area contributed by atoms with Gasteiger partial charge in [-0.15, -0.1) is 0 Å². The van der Waals surface area contributed by atoms with Crippen LogP contribution >= 0.6 is 0 Å². The van der Waals surface area contributed by atoms with Crippen LogP contribution in [-0.4, -0.2) is 43.3 Å². The second-order valence-electron chi connectivity index (χ2n) is 6.52. The number of rotatable bonds is 5. The summed E-state index contributed by atoms with van der Waals surface area (Å²) in [5.74, 6) is 0.927. The molecule has 0 radical (unpaired) electrons. The second kappa shape index (κ2) is 7.07. The van der Waals surface area contributed by atoms with Gasteiger partial charge in [-0.25, -0.2) is 0 Å². The maximum Gasteiger partial charge on any atom is 0.189 e. The molecule has 0 amide bonds. The highest BCUT2D eigenvalue weighted by atomic mass is 16.7. The van der Waals surface area contributed by atoms with Gasteiger partial charge in [0.2, 0.25) is 0 Å². The van der Waals surface area contributed by atoms with Gasteiger partial charge >= 0.3 is 0 Å². The number of benzene rings is 1. The lowest BCUT2D eigenvalue weighted by Gasteiger charge is -2.36. The number of aliphatic hydroxyl groups is 1. The van der Waals surface area contributed by atoms with E-state index in [1.54, 1.807) is 0 Å². The fraction of sp³-hybridized carbons (Fsp3) is 0.474. The van der Waals surface area contributed by atoms with Crippen LogP contribution in [0, 0.1) is 0 Å². The summed E-state index contributed by atoms with van der Waals surface area (Å²) < 4.78 is 17.1. The zero-order valence-electron chi connectivity index (χ0n) is 13.6. The zero-order chi connectivity index (χ0) is 16.4. The Bertz CT molecular complexity index is 640. The van der Waals surface area contributed by atoms with Gasteiger partial charge in [-0.1, -0.05) is 30.3 Å². The topological polar surface area (TPSA) is 60.0 Å². The van der Waals surface area contributed by atoms with E-state index in [0.29, 0.717) is 20.0 Å². The summed E-state index contributed by atoms with van der Waals surface area (Å²) in [4.78, 5) is 0. The molecule has 128 valence electrons. The van der Waals surface area contributed by atoms with E-state index in [-0.39, 0.29) is 24.8 Å². The summed E-state index contributed by atoms with van der Waals surface area (Å²) in [6, 6.07) is 10.3. The monoisotopic (exact) mass is 329 g/mol. The van der Waals surface area contributed by atoms with Crippen molar-refractivity contribution >= 4 is 0 Å². The van der Waals surface area contributed by atoms with Crippen LogP contribution in [0.5, 0.6) is 0 Å². The van der Waals surface area contributed by atoms with E-state index in [1.807, 2.05) is 18.2 Å². The van der Waals surface area contributed by atoms with Crippen LogP contribution in [0.2, 0.25) is 0 Å². The van der Waals surface area contributed by atoms with Crippen LogP contribution in [0.15, 0.2) is 53.3 Å². The molecule has 0 spiro atoms. The SMILES string of the molecule is OCC1CC2=C(CC3OCOC3=C2)C(COCc2ccccc2)N1. The lowest BCUT2D eigenvalue weighted by Crippen LogP contribution is -2.49. The van der Waals surface area contributed by atoms with Crippen molar-refractivity contribution in [3.8, 4) is 0 Å². The van der Waals surface area contributed by atoms with Crippen molar-refractivity contribution < 1.29 is 19.3 Å². The van der Waals surface area contributed by atoms with E-state index in [1.165, 1.54) is 16.7 Å². The van der Waals surface area contributed by atoms with E-state index in [9.17, 15) is 5.11 Å². The molecule has 4 rings (SSSR count). The fourth-order valence-corrected chi connectivity index (χ4v) is 3.65. The average molecular weight is 329 g/mol. The number of ether oxygens (including phenoxy) is 3. The third-order valence-electron chi connectivity index (χ3n) is 4.89. The van der Waals surface area contributed by atoms with Gasteiger partial charge < -0.3 is 24.6 Å².